The molecule has 7 heteroatoms. The van der Waals surface area contributed by atoms with Crippen LogP contribution in [-0.2, 0) is 0 Å². The number of hydrogen-bond donors (Lipinski definition) is 0. The van der Waals surface area contributed by atoms with E-state index in [0.29, 0.717) is 23.5 Å². The van der Waals surface area contributed by atoms with Crippen molar-refractivity contribution in [2.75, 3.05) is 6.61 Å². The molecule has 27 heavy (non-hydrogen) atoms. The third-order valence-electron chi connectivity index (χ3n) is 3.80. The lowest BCUT2D eigenvalue weighted by atomic mass is 10.00. The molecule has 140 valence electrons. The smallest absolute Gasteiger partial charge is 0.387 e. The molecule has 0 aliphatic carbocycles. The van der Waals surface area contributed by atoms with Crippen LogP contribution >= 0.6 is 0 Å². The van der Waals surface area contributed by atoms with Crippen molar-refractivity contribution in [3.8, 4) is 22.6 Å². The highest BCUT2D eigenvalue weighted by Crippen LogP contribution is 2.35. The van der Waals surface area contributed by atoms with E-state index >= 15 is 0 Å². The van der Waals surface area contributed by atoms with Gasteiger partial charge >= 0.3 is 6.61 Å². The van der Waals surface area contributed by atoms with Crippen LogP contribution < -0.4 is 9.47 Å². The first kappa shape index (κ1) is 18.7. The maximum absolute atomic E-state index is 14.4. The topological polar surface area (TPSA) is 18.5 Å². The van der Waals surface area contributed by atoms with Crippen LogP contribution in [0.15, 0.2) is 55.1 Å². The maximum atomic E-state index is 14.4. The molecule has 0 amide bonds. The second-order valence-electron chi connectivity index (χ2n) is 5.56. The quantitative estimate of drug-likeness (QED) is 0.381. The zero-order chi connectivity index (χ0) is 19.6. The van der Waals surface area contributed by atoms with Gasteiger partial charge in [0.1, 0.15) is 18.2 Å². The molecule has 0 aliphatic rings. The van der Waals surface area contributed by atoms with Crippen LogP contribution in [0.25, 0.3) is 21.9 Å². The average molecular weight is 380 g/mol. The van der Waals surface area contributed by atoms with Gasteiger partial charge < -0.3 is 9.47 Å². The highest BCUT2D eigenvalue weighted by atomic mass is 19.3. The number of rotatable bonds is 6. The van der Waals surface area contributed by atoms with E-state index < -0.39 is 35.2 Å². The van der Waals surface area contributed by atoms with E-state index in [-0.39, 0.29) is 5.39 Å². The summed E-state index contributed by atoms with van der Waals surface area (Å²) in [5.74, 6) is -4.61. The predicted octanol–water partition coefficient (Wildman–Crippen LogP) is 6.09. The Bertz CT molecular complexity index is 984. The predicted molar refractivity (Wildman–Crippen MR) is 91.6 cm³/mol. The fourth-order valence-electron chi connectivity index (χ4n) is 2.66. The van der Waals surface area contributed by atoms with Gasteiger partial charge in [-0.3, -0.25) is 0 Å². The maximum Gasteiger partial charge on any atom is 0.387 e. The van der Waals surface area contributed by atoms with E-state index in [1.165, 1.54) is 6.07 Å². The van der Waals surface area contributed by atoms with Crippen LogP contribution in [-0.4, -0.2) is 13.2 Å². The van der Waals surface area contributed by atoms with E-state index in [4.69, 9.17) is 4.74 Å². The van der Waals surface area contributed by atoms with Crippen LogP contribution in [0.1, 0.15) is 0 Å². The number of ether oxygens (including phenoxy) is 2. The lowest BCUT2D eigenvalue weighted by Gasteiger charge is -2.12. The molecule has 3 aromatic rings. The third-order valence-corrected chi connectivity index (χ3v) is 3.80. The van der Waals surface area contributed by atoms with Crippen molar-refractivity contribution in [3.05, 3.63) is 72.6 Å². The Balaban J connectivity index is 2.05. The number of alkyl halides is 2. The summed E-state index contributed by atoms with van der Waals surface area (Å²) >= 11 is 0. The summed E-state index contributed by atoms with van der Waals surface area (Å²) in [4.78, 5) is 0. The molecule has 0 unspecified atom stereocenters. The molecule has 3 rings (SSSR count). The fraction of sp³-hybridized carbons (Fsp3) is 0.100. The Hall–Kier alpha value is -3.09. The zero-order valence-corrected chi connectivity index (χ0v) is 13.8. The summed E-state index contributed by atoms with van der Waals surface area (Å²) in [6, 6.07) is 9.76. The van der Waals surface area contributed by atoms with Crippen molar-refractivity contribution in [1.29, 1.82) is 0 Å². The molecular weight excluding hydrogens is 367 g/mol. The Kier molecular flexibility index (Phi) is 5.30. The van der Waals surface area contributed by atoms with Crippen molar-refractivity contribution in [2.45, 2.75) is 6.61 Å². The Labute approximate surface area is 151 Å². The third kappa shape index (κ3) is 3.86. The van der Waals surface area contributed by atoms with Crippen molar-refractivity contribution in [2.24, 2.45) is 0 Å². The van der Waals surface area contributed by atoms with E-state index in [9.17, 15) is 22.0 Å². The van der Waals surface area contributed by atoms with Crippen LogP contribution in [0.4, 0.5) is 22.0 Å². The summed E-state index contributed by atoms with van der Waals surface area (Å²) in [7, 11) is 0. The summed E-state index contributed by atoms with van der Waals surface area (Å²) in [6.07, 6.45) is 1.59. The molecule has 0 saturated carbocycles. The molecule has 0 heterocycles. The largest absolute Gasteiger partial charge is 0.490 e. The van der Waals surface area contributed by atoms with Crippen molar-refractivity contribution in [3.63, 3.8) is 0 Å². The Morgan fingerprint density at radius 1 is 0.926 bits per heavy atom. The van der Waals surface area contributed by atoms with Gasteiger partial charge in [-0.15, -0.1) is 0 Å². The molecule has 3 aromatic carbocycles. The monoisotopic (exact) mass is 380 g/mol. The summed E-state index contributed by atoms with van der Waals surface area (Å²) in [6.45, 7) is 0.427. The summed E-state index contributed by atoms with van der Waals surface area (Å²) in [5, 5.41) is -0.740. The first-order chi connectivity index (χ1) is 12.9. The Morgan fingerprint density at radius 2 is 1.63 bits per heavy atom. The van der Waals surface area contributed by atoms with Crippen LogP contribution in [0.3, 0.4) is 0 Å². The van der Waals surface area contributed by atoms with Gasteiger partial charge in [0.05, 0.1) is 5.39 Å². The molecule has 0 bridgehead atoms. The highest BCUT2D eigenvalue weighted by Gasteiger charge is 2.21. The summed E-state index contributed by atoms with van der Waals surface area (Å²) < 4.78 is 76.5. The van der Waals surface area contributed by atoms with Crippen molar-refractivity contribution >= 4 is 10.8 Å². The molecule has 2 nitrogen and oxygen atoms in total. The van der Waals surface area contributed by atoms with Gasteiger partial charge in [-0.1, -0.05) is 24.8 Å². The van der Waals surface area contributed by atoms with Gasteiger partial charge in [0.25, 0.3) is 0 Å². The van der Waals surface area contributed by atoms with E-state index in [1.807, 2.05) is 0 Å². The first-order valence-electron chi connectivity index (χ1n) is 7.81. The molecule has 0 aromatic heterocycles. The van der Waals surface area contributed by atoms with E-state index in [1.54, 1.807) is 30.3 Å². The lowest BCUT2D eigenvalue weighted by molar-refractivity contribution is -0.0544. The van der Waals surface area contributed by atoms with Gasteiger partial charge in [0.15, 0.2) is 17.4 Å². The number of halogens is 5. The summed E-state index contributed by atoms with van der Waals surface area (Å²) in [5.41, 5.74) is 0.937. The molecular formula is C20H13F5O2. The van der Waals surface area contributed by atoms with Gasteiger partial charge in [-0.05, 0) is 46.8 Å². The minimum Gasteiger partial charge on any atom is -0.490 e. The first-order valence-corrected chi connectivity index (χ1v) is 7.81. The molecule has 0 saturated heterocycles. The van der Waals surface area contributed by atoms with Gasteiger partial charge in [-0.2, -0.15) is 8.78 Å². The van der Waals surface area contributed by atoms with Crippen LogP contribution in [0.5, 0.6) is 11.5 Å². The molecule has 0 N–H and O–H groups in total. The van der Waals surface area contributed by atoms with Crippen LogP contribution in [0, 0.1) is 17.5 Å². The molecule has 0 spiro atoms. The zero-order valence-electron chi connectivity index (χ0n) is 13.8. The minimum atomic E-state index is -3.43. The fourth-order valence-corrected chi connectivity index (χ4v) is 2.66. The normalized spacial score (nSPS) is 11.0. The van der Waals surface area contributed by atoms with Gasteiger partial charge in [-0.25, -0.2) is 13.2 Å². The minimum absolute atomic E-state index is 0.117. The number of fused-ring (bicyclic) bond motifs is 1. The number of hydrogen-bond acceptors (Lipinski definition) is 2. The van der Waals surface area contributed by atoms with Crippen molar-refractivity contribution < 1.29 is 31.4 Å². The molecule has 0 radical (unpaired) electrons. The average Bonchev–Trinajstić information content (AvgIpc) is 2.63. The van der Waals surface area contributed by atoms with E-state index in [0.717, 1.165) is 12.1 Å². The van der Waals surface area contributed by atoms with Crippen LogP contribution in [0.2, 0.25) is 0 Å². The van der Waals surface area contributed by atoms with E-state index in [2.05, 4.69) is 11.3 Å². The molecule has 0 fully saturated rings. The van der Waals surface area contributed by atoms with Gasteiger partial charge in [0, 0.05) is 0 Å². The lowest BCUT2D eigenvalue weighted by Crippen LogP contribution is -2.06. The second kappa shape index (κ2) is 7.65. The standard InChI is InChI=1S/C20H13F5O2/c1-2-7-26-14-5-3-11(4-6-14)12-8-13-10-16(22)19(27-20(24)25)18(23)17(13)15(21)9-12/h2-6,8-10,20H,1,7H2. The number of benzene rings is 3. The molecule has 0 aliphatic heterocycles. The van der Waals surface area contributed by atoms with Gasteiger partial charge in [0.2, 0.25) is 0 Å². The SMILES string of the molecule is C=CCOc1ccc(-c2cc(F)c3c(F)c(OC(F)F)c(F)cc3c2)cc1. The highest BCUT2D eigenvalue weighted by molar-refractivity contribution is 5.89. The molecule has 0 atom stereocenters. The second-order valence-corrected chi connectivity index (χ2v) is 5.56. The Morgan fingerprint density at radius 3 is 2.26 bits per heavy atom. The van der Waals surface area contributed by atoms with Crippen molar-refractivity contribution in [1.82, 2.24) is 0 Å².